The van der Waals surface area contributed by atoms with Crippen molar-refractivity contribution in [1.82, 2.24) is 9.91 Å². The number of carbonyl (C=O) groups is 1. The van der Waals surface area contributed by atoms with E-state index in [1.807, 2.05) is 61.5 Å². The van der Waals surface area contributed by atoms with E-state index in [1.54, 1.807) is 17.3 Å². The molecule has 0 aromatic heterocycles. The molecule has 0 radical (unpaired) electrons. The van der Waals surface area contributed by atoms with E-state index in [0.717, 1.165) is 63.3 Å². The number of ether oxygens (including phenoxy) is 2. The van der Waals surface area contributed by atoms with Gasteiger partial charge in [0.25, 0.3) is 0 Å². The van der Waals surface area contributed by atoms with E-state index < -0.39 is 0 Å². The molecule has 6 rings (SSSR count). The molecule has 1 fully saturated rings. The van der Waals surface area contributed by atoms with E-state index in [2.05, 4.69) is 66.6 Å². The fourth-order valence-electron chi connectivity index (χ4n) is 6.76. The number of nitrogens with one attached hydrogen (secondary N) is 1. The van der Waals surface area contributed by atoms with Crippen LogP contribution in [0.3, 0.4) is 0 Å². The summed E-state index contributed by atoms with van der Waals surface area (Å²) >= 11 is 0. The Balaban J connectivity index is 1.21. The average Bonchev–Trinajstić information content (AvgIpc) is 3.09. The topological polar surface area (TPSA) is 81.8 Å². The molecule has 1 N–H and O–H groups in total. The summed E-state index contributed by atoms with van der Waals surface area (Å²) < 4.78 is 15.1. The van der Waals surface area contributed by atoms with Crippen LogP contribution in [-0.2, 0) is 4.79 Å². The summed E-state index contributed by atoms with van der Waals surface area (Å²) in [6, 6.07) is 10.3. The maximum Gasteiger partial charge on any atom is 0.248 e. The van der Waals surface area contributed by atoms with Gasteiger partial charge < -0.3 is 19.7 Å². The number of hydrazone groups is 1. The summed E-state index contributed by atoms with van der Waals surface area (Å²) in [6.07, 6.45) is 19.6. The van der Waals surface area contributed by atoms with Crippen LogP contribution in [-0.4, -0.2) is 64.4 Å². The maximum absolute atomic E-state index is 13.1. The normalized spacial score (nSPS) is 20.6. The van der Waals surface area contributed by atoms with Gasteiger partial charge in [-0.05, 0) is 93.3 Å². The summed E-state index contributed by atoms with van der Waals surface area (Å²) in [4.78, 5) is 19.9. The molecule has 2 aromatic carbocycles. The highest BCUT2D eigenvalue weighted by Crippen LogP contribution is 2.39. The first-order valence-electron chi connectivity index (χ1n) is 17.8. The molecule has 9 nitrogen and oxygen atoms in total. The van der Waals surface area contributed by atoms with E-state index in [-0.39, 0.29) is 5.91 Å². The number of aryl methyl sites for hydroxylation is 2. The molecule has 260 valence electrons. The van der Waals surface area contributed by atoms with Gasteiger partial charge in [-0.3, -0.25) is 4.79 Å². The van der Waals surface area contributed by atoms with Crippen molar-refractivity contribution in [3.8, 4) is 11.5 Å². The molecule has 3 heterocycles. The van der Waals surface area contributed by atoms with Gasteiger partial charge in [-0.1, -0.05) is 45.1 Å². The monoisotopic (exact) mass is 673 g/mol. The summed E-state index contributed by atoms with van der Waals surface area (Å²) in [7, 11) is 0. The highest BCUT2D eigenvalue weighted by molar-refractivity contribution is 6.12. The third-order valence-corrected chi connectivity index (χ3v) is 9.71. The quantitative estimate of drug-likeness (QED) is 0.120. The van der Waals surface area contributed by atoms with Gasteiger partial charge in [-0.2, -0.15) is 9.68 Å². The van der Waals surface area contributed by atoms with Crippen LogP contribution in [0, 0.1) is 25.7 Å². The Morgan fingerprint density at radius 2 is 2.02 bits per heavy atom. The lowest BCUT2D eigenvalue weighted by atomic mass is 9.73. The van der Waals surface area contributed by atoms with Crippen molar-refractivity contribution < 1.29 is 18.8 Å². The first-order valence-corrected chi connectivity index (χ1v) is 17.8. The molecular formula is C41H49N6O3+. The van der Waals surface area contributed by atoms with E-state index in [4.69, 9.17) is 14.5 Å². The Bertz CT molecular complexity index is 1860. The van der Waals surface area contributed by atoms with E-state index in [0.29, 0.717) is 43.8 Å². The lowest BCUT2D eigenvalue weighted by molar-refractivity contribution is -0.453. The van der Waals surface area contributed by atoms with Crippen molar-refractivity contribution in [1.29, 1.82) is 0 Å². The number of aliphatic imine (C=N–C) groups is 1. The number of anilines is 1. The predicted molar refractivity (Wildman–Crippen MR) is 202 cm³/mol. The molecule has 0 bridgehead atoms. The van der Waals surface area contributed by atoms with Crippen LogP contribution in [0.15, 0.2) is 101 Å². The molecule has 1 saturated carbocycles. The van der Waals surface area contributed by atoms with E-state index in [9.17, 15) is 4.79 Å². The number of carbonyl (C=O) groups excluding carboxylic acids is 1. The molecule has 9 heteroatoms. The molecular weight excluding hydrogens is 624 g/mol. The third kappa shape index (κ3) is 7.67. The van der Waals surface area contributed by atoms with Gasteiger partial charge in [-0.15, -0.1) is 0 Å². The summed E-state index contributed by atoms with van der Waals surface area (Å²) in [5, 5.41) is 9.55. The minimum absolute atomic E-state index is 0.0891. The Morgan fingerprint density at radius 3 is 2.76 bits per heavy atom. The first kappa shape index (κ1) is 34.7. The van der Waals surface area contributed by atoms with Crippen molar-refractivity contribution in [3.05, 3.63) is 108 Å². The van der Waals surface area contributed by atoms with Crippen LogP contribution < -0.4 is 14.8 Å². The summed E-state index contributed by atoms with van der Waals surface area (Å²) in [6.45, 7) is 16.7. The highest BCUT2D eigenvalue weighted by atomic mass is 16.5. The number of amides is 1. The van der Waals surface area contributed by atoms with E-state index in [1.165, 1.54) is 19.3 Å². The van der Waals surface area contributed by atoms with Gasteiger partial charge in [0.1, 0.15) is 23.9 Å². The lowest BCUT2D eigenvalue weighted by Gasteiger charge is -2.33. The number of amidine groups is 1. The van der Waals surface area contributed by atoms with Crippen molar-refractivity contribution in [3.63, 3.8) is 0 Å². The standard InChI is InChI=1S/C41H49N6O3/c1-7-10-18-42-41(44-33-13-15-37(29(5)22-33)50-35-17-19-47(43-9-3)30(6)23-35)39-28(4)11-14-36-40(39)49-27-34-26-45(20-21-46(34)36)38(48)16-12-32-24-31(8-2)25-32/h9-19,22-23,31-32H,6-8,20-21,24-27H2,1-5H3,(H,42,44)/q+1/b16-12+,18-10+,43-9-. The van der Waals surface area contributed by atoms with Gasteiger partial charge in [-0.25, -0.2) is 10.0 Å². The fraction of sp³-hybridized carbons (Fsp3) is 0.366. The molecule has 0 spiro atoms. The van der Waals surface area contributed by atoms with Crippen LogP contribution >= 0.6 is 0 Å². The molecule has 0 unspecified atom stereocenters. The molecule has 1 aliphatic carbocycles. The van der Waals surface area contributed by atoms with Gasteiger partial charge in [0, 0.05) is 36.4 Å². The van der Waals surface area contributed by atoms with Gasteiger partial charge in [0.15, 0.2) is 13.2 Å². The van der Waals surface area contributed by atoms with Gasteiger partial charge >= 0.3 is 0 Å². The minimum atomic E-state index is 0.0891. The lowest BCUT2D eigenvalue weighted by Crippen LogP contribution is -2.49. The molecule has 3 aliphatic heterocycles. The molecule has 0 saturated heterocycles. The maximum atomic E-state index is 13.1. The Hall–Kier alpha value is -5.18. The van der Waals surface area contributed by atoms with Crippen LogP contribution in [0.25, 0.3) is 0 Å². The Labute approximate surface area is 296 Å². The predicted octanol–water partition coefficient (Wildman–Crippen LogP) is 8.01. The smallest absolute Gasteiger partial charge is 0.248 e. The molecule has 50 heavy (non-hydrogen) atoms. The zero-order chi connectivity index (χ0) is 35.2. The van der Waals surface area contributed by atoms with Crippen molar-refractivity contribution in [2.45, 2.75) is 60.3 Å². The second-order valence-electron chi connectivity index (χ2n) is 13.3. The van der Waals surface area contributed by atoms with E-state index >= 15 is 0 Å². The van der Waals surface area contributed by atoms with Crippen LogP contribution in [0.4, 0.5) is 11.4 Å². The average molecular weight is 674 g/mol. The number of allylic oxidation sites excluding steroid dienone is 4. The number of rotatable bonds is 10. The van der Waals surface area contributed by atoms with Gasteiger partial charge in [0.2, 0.25) is 23.1 Å². The molecule has 2 aromatic rings. The number of hydrogen-bond donors (Lipinski definition) is 1. The van der Waals surface area contributed by atoms with Gasteiger partial charge in [0.05, 0.1) is 17.8 Å². The van der Waals surface area contributed by atoms with Crippen molar-refractivity contribution in [2.75, 3.05) is 31.6 Å². The number of benzene rings is 2. The minimum Gasteiger partial charge on any atom is -0.475 e. The zero-order valence-corrected chi connectivity index (χ0v) is 30.0. The van der Waals surface area contributed by atoms with Crippen molar-refractivity contribution in [2.24, 2.45) is 21.9 Å². The second kappa shape index (κ2) is 15.6. The van der Waals surface area contributed by atoms with Crippen LogP contribution in [0.5, 0.6) is 11.5 Å². The van der Waals surface area contributed by atoms with Crippen LogP contribution in [0.1, 0.15) is 63.1 Å². The SMILES string of the molecule is C=C1C=C(Oc2ccc(NC(=N/C=C/CC)c3c(C)ccc4c3OCC3=[N+]4CCN(C(=O)/C=C/C4CC(CC)C4)C3)cc2C)C=CN1/N=C\C. The fourth-order valence-corrected chi connectivity index (χ4v) is 6.76. The summed E-state index contributed by atoms with van der Waals surface area (Å²) in [5.41, 5.74) is 6.64. The largest absolute Gasteiger partial charge is 0.475 e. The third-order valence-electron chi connectivity index (χ3n) is 9.71. The molecule has 4 aliphatic rings. The number of fused-ring (bicyclic) bond motifs is 2. The van der Waals surface area contributed by atoms with Crippen molar-refractivity contribution >= 4 is 35.0 Å². The number of hydrogen-bond acceptors (Lipinski definition) is 6. The number of nitrogens with zero attached hydrogens (tertiary/aromatic N) is 5. The molecule has 0 atom stereocenters. The molecule has 1 amide bonds. The highest BCUT2D eigenvalue weighted by Gasteiger charge is 2.37. The Kier molecular flexibility index (Phi) is 10.8. The summed E-state index contributed by atoms with van der Waals surface area (Å²) in [5.74, 6) is 4.39. The first-order chi connectivity index (χ1) is 24.3. The van der Waals surface area contributed by atoms with Crippen LogP contribution in [0.2, 0.25) is 0 Å². The second-order valence-corrected chi connectivity index (χ2v) is 13.3. The zero-order valence-electron chi connectivity index (χ0n) is 30.0. The Morgan fingerprint density at radius 1 is 1.18 bits per heavy atom.